The molecule has 0 saturated carbocycles. The predicted octanol–water partition coefficient (Wildman–Crippen LogP) is 1.10. The van der Waals surface area contributed by atoms with Crippen molar-refractivity contribution in [2.45, 2.75) is 18.3 Å². The van der Waals surface area contributed by atoms with E-state index in [1.165, 1.54) is 23.8 Å². The van der Waals surface area contributed by atoms with Crippen LogP contribution >= 0.6 is 11.8 Å². The molecule has 0 radical (unpaired) electrons. The van der Waals surface area contributed by atoms with Crippen LogP contribution in [0, 0.1) is 0 Å². The maximum Gasteiger partial charge on any atom is 0.352 e. The van der Waals surface area contributed by atoms with Gasteiger partial charge in [-0.05, 0) is 24.6 Å². The maximum absolute atomic E-state index is 12.5. The minimum atomic E-state index is -1.15. The molecule has 9 heteroatoms. The fourth-order valence-electron chi connectivity index (χ4n) is 2.93. The standard InChI is InChI=1S/C17H18N2O6S/c1-10-9-26-16-14(15(21)18(16)13(10)17(22)23)19(24-2)12(20)8-25-11-6-4-3-5-7-11/h3-7,14,16H,8-9H2,1-2H3,(H,22,23)/t14?,16-/m1/s1. The maximum atomic E-state index is 12.5. The number of para-hydroxylation sites is 1. The van der Waals surface area contributed by atoms with Crippen molar-refractivity contribution in [1.29, 1.82) is 0 Å². The Morgan fingerprint density at radius 2 is 2.04 bits per heavy atom. The van der Waals surface area contributed by atoms with Crippen LogP contribution in [0.15, 0.2) is 41.6 Å². The Balaban J connectivity index is 1.71. The van der Waals surface area contributed by atoms with Crippen molar-refractivity contribution in [2.24, 2.45) is 0 Å². The number of β-lactam (4-membered cyclic amide) rings is 1. The van der Waals surface area contributed by atoms with Crippen LogP contribution in [-0.4, -0.2) is 63.7 Å². The minimum Gasteiger partial charge on any atom is -0.484 e. The first-order chi connectivity index (χ1) is 12.5. The molecule has 0 spiro atoms. The normalized spacial score (nSPS) is 21.8. The van der Waals surface area contributed by atoms with Crippen LogP contribution in [0.5, 0.6) is 5.75 Å². The second-order valence-electron chi connectivity index (χ2n) is 5.79. The van der Waals surface area contributed by atoms with Gasteiger partial charge in [-0.1, -0.05) is 18.2 Å². The monoisotopic (exact) mass is 378 g/mol. The van der Waals surface area contributed by atoms with Gasteiger partial charge in [-0.15, -0.1) is 11.8 Å². The number of rotatable bonds is 6. The predicted molar refractivity (Wildman–Crippen MR) is 93.0 cm³/mol. The summed E-state index contributed by atoms with van der Waals surface area (Å²) in [5, 5.41) is 9.84. The molecule has 2 atom stereocenters. The molecule has 1 fully saturated rings. The van der Waals surface area contributed by atoms with Crippen molar-refractivity contribution in [1.82, 2.24) is 9.96 Å². The van der Waals surface area contributed by atoms with E-state index in [0.29, 0.717) is 17.1 Å². The van der Waals surface area contributed by atoms with Crippen molar-refractivity contribution in [3.8, 4) is 5.75 Å². The number of carbonyl (C=O) groups excluding carboxylic acids is 2. The van der Waals surface area contributed by atoms with Crippen molar-refractivity contribution >= 4 is 29.5 Å². The molecule has 1 unspecified atom stereocenters. The van der Waals surface area contributed by atoms with Gasteiger partial charge >= 0.3 is 5.97 Å². The molecule has 138 valence electrons. The average Bonchev–Trinajstić information content (AvgIpc) is 2.64. The Kier molecular flexibility index (Phi) is 5.19. The van der Waals surface area contributed by atoms with Gasteiger partial charge in [0.25, 0.3) is 11.8 Å². The summed E-state index contributed by atoms with van der Waals surface area (Å²) in [6.45, 7) is 1.39. The highest BCUT2D eigenvalue weighted by Crippen LogP contribution is 2.42. The zero-order chi connectivity index (χ0) is 18.8. The molecule has 1 aromatic rings. The molecule has 0 bridgehead atoms. The first kappa shape index (κ1) is 18.3. The summed E-state index contributed by atoms with van der Waals surface area (Å²) in [5.74, 6) is -1.15. The number of carboxylic acids is 1. The number of amides is 2. The van der Waals surface area contributed by atoms with Crippen LogP contribution in [0.25, 0.3) is 0 Å². The molecule has 2 amide bonds. The number of benzene rings is 1. The molecule has 2 aliphatic heterocycles. The molecular weight excluding hydrogens is 360 g/mol. The molecule has 1 aromatic carbocycles. The Morgan fingerprint density at radius 1 is 1.35 bits per heavy atom. The average molecular weight is 378 g/mol. The molecule has 8 nitrogen and oxygen atoms in total. The highest BCUT2D eigenvalue weighted by atomic mass is 32.2. The van der Waals surface area contributed by atoms with Crippen molar-refractivity contribution in [3.05, 3.63) is 41.6 Å². The lowest BCUT2D eigenvalue weighted by molar-refractivity contribution is -0.209. The number of ether oxygens (including phenoxy) is 1. The van der Waals surface area contributed by atoms with Gasteiger partial charge in [-0.25, -0.2) is 9.86 Å². The molecule has 0 aliphatic carbocycles. The molecule has 2 aliphatic rings. The molecule has 3 rings (SSSR count). The molecule has 2 heterocycles. The van der Waals surface area contributed by atoms with E-state index in [1.54, 1.807) is 31.2 Å². The van der Waals surface area contributed by atoms with E-state index in [4.69, 9.17) is 9.57 Å². The number of hydrogen-bond donors (Lipinski definition) is 1. The zero-order valence-electron chi connectivity index (χ0n) is 14.2. The van der Waals surface area contributed by atoms with E-state index >= 15 is 0 Å². The number of carboxylic acid groups (broad SMARTS) is 1. The summed E-state index contributed by atoms with van der Waals surface area (Å²) in [7, 11) is 1.29. The quantitative estimate of drug-likeness (QED) is 0.585. The van der Waals surface area contributed by atoms with Crippen LogP contribution in [0.3, 0.4) is 0 Å². The van der Waals surface area contributed by atoms with Gasteiger partial charge in [-0.2, -0.15) is 0 Å². The van der Waals surface area contributed by atoms with Crippen molar-refractivity contribution in [3.63, 3.8) is 0 Å². The molecule has 26 heavy (non-hydrogen) atoms. The first-order valence-corrected chi connectivity index (χ1v) is 8.92. The Morgan fingerprint density at radius 3 is 2.65 bits per heavy atom. The smallest absolute Gasteiger partial charge is 0.352 e. The number of carbonyl (C=O) groups is 3. The largest absolute Gasteiger partial charge is 0.484 e. The fraction of sp³-hybridized carbons (Fsp3) is 0.353. The van der Waals surface area contributed by atoms with Crippen molar-refractivity contribution in [2.75, 3.05) is 19.5 Å². The van der Waals surface area contributed by atoms with Crippen LogP contribution < -0.4 is 4.74 Å². The van der Waals surface area contributed by atoms with Gasteiger partial charge in [0.15, 0.2) is 12.6 Å². The number of hydroxylamine groups is 2. The number of aliphatic carboxylic acids is 1. The van der Waals surface area contributed by atoms with E-state index < -0.39 is 29.2 Å². The Labute approximate surface area is 154 Å². The summed E-state index contributed by atoms with van der Waals surface area (Å²) in [6.07, 6.45) is 0. The third kappa shape index (κ3) is 3.15. The van der Waals surface area contributed by atoms with E-state index in [2.05, 4.69) is 0 Å². The van der Waals surface area contributed by atoms with Gasteiger partial charge in [0.1, 0.15) is 16.8 Å². The van der Waals surface area contributed by atoms with Crippen LogP contribution in [0.4, 0.5) is 0 Å². The zero-order valence-corrected chi connectivity index (χ0v) is 15.1. The Hall–Kier alpha value is -2.52. The molecule has 1 saturated heterocycles. The van der Waals surface area contributed by atoms with Crippen LogP contribution in [0.1, 0.15) is 6.92 Å². The fourth-order valence-corrected chi connectivity index (χ4v) is 4.26. The van der Waals surface area contributed by atoms with Gasteiger partial charge < -0.3 is 9.84 Å². The molecule has 1 N–H and O–H groups in total. The number of hydrogen-bond acceptors (Lipinski definition) is 6. The highest BCUT2D eigenvalue weighted by Gasteiger charge is 2.57. The Bertz CT molecular complexity index is 766. The van der Waals surface area contributed by atoms with E-state index in [9.17, 15) is 19.5 Å². The second kappa shape index (κ2) is 7.38. The molecule has 0 aromatic heterocycles. The summed E-state index contributed by atoms with van der Waals surface area (Å²) >= 11 is 1.40. The number of nitrogens with zero attached hydrogens (tertiary/aromatic N) is 2. The lowest BCUT2D eigenvalue weighted by Crippen LogP contribution is -2.71. The summed E-state index contributed by atoms with van der Waals surface area (Å²) in [4.78, 5) is 42.8. The first-order valence-electron chi connectivity index (χ1n) is 7.87. The van der Waals surface area contributed by atoms with Crippen LogP contribution in [0.2, 0.25) is 0 Å². The van der Waals surface area contributed by atoms with E-state index in [-0.39, 0.29) is 12.3 Å². The number of fused-ring (bicyclic) bond motifs is 1. The lowest BCUT2D eigenvalue weighted by Gasteiger charge is -2.51. The van der Waals surface area contributed by atoms with Gasteiger partial charge in [0, 0.05) is 5.75 Å². The van der Waals surface area contributed by atoms with Gasteiger partial charge in [0.2, 0.25) is 0 Å². The second-order valence-corrected chi connectivity index (χ2v) is 6.90. The van der Waals surface area contributed by atoms with Crippen LogP contribution in [-0.2, 0) is 19.2 Å². The lowest BCUT2D eigenvalue weighted by atomic mass is 10.0. The highest BCUT2D eigenvalue weighted by molar-refractivity contribution is 8.00. The summed E-state index contributed by atoms with van der Waals surface area (Å²) in [6, 6.07) is 7.94. The van der Waals surface area contributed by atoms with Crippen molar-refractivity contribution < 1.29 is 29.1 Å². The third-order valence-corrected chi connectivity index (χ3v) is 5.54. The SMILES string of the molecule is CON(C(=O)COc1ccccc1)C1C(=O)N2C(C(=O)O)=C(C)CS[C@H]12. The summed E-state index contributed by atoms with van der Waals surface area (Å²) < 4.78 is 5.41. The third-order valence-electron chi connectivity index (χ3n) is 4.13. The summed E-state index contributed by atoms with van der Waals surface area (Å²) in [5.41, 5.74) is 0.604. The van der Waals surface area contributed by atoms with Gasteiger partial charge in [-0.3, -0.25) is 19.3 Å². The minimum absolute atomic E-state index is 0.0148. The van der Waals surface area contributed by atoms with E-state index in [0.717, 1.165) is 5.06 Å². The topological polar surface area (TPSA) is 96.4 Å². The van der Waals surface area contributed by atoms with E-state index in [1.807, 2.05) is 6.07 Å². The number of thioether (sulfide) groups is 1. The van der Waals surface area contributed by atoms with Gasteiger partial charge in [0.05, 0.1) is 7.11 Å². The molecular formula is C17H18N2O6S.